The van der Waals surface area contributed by atoms with Gasteiger partial charge in [-0.3, -0.25) is 4.79 Å². The summed E-state index contributed by atoms with van der Waals surface area (Å²) in [5, 5.41) is 2.40. The molecule has 0 aliphatic carbocycles. The van der Waals surface area contributed by atoms with Crippen LogP contribution >= 0.6 is 11.6 Å². The molecule has 21 heavy (non-hydrogen) atoms. The first kappa shape index (κ1) is 15.2. The number of carbonyl (C=O) groups excluding carboxylic acids is 1. The third-order valence-electron chi connectivity index (χ3n) is 2.46. The fraction of sp³-hybridized carbons (Fsp3) is 0.0714. The van der Waals surface area contributed by atoms with Gasteiger partial charge in [0, 0.05) is 6.07 Å². The minimum Gasteiger partial charge on any atom is -0.481 e. The zero-order valence-corrected chi connectivity index (χ0v) is 11.3. The van der Waals surface area contributed by atoms with Gasteiger partial charge in [0.05, 0.1) is 10.7 Å². The van der Waals surface area contributed by atoms with Gasteiger partial charge >= 0.3 is 0 Å². The van der Waals surface area contributed by atoms with Crippen molar-refractivity contribution in [2.24, 2.45) is 0 Å². The average Bonchev–Trinajstić information content (AvgIpc) is 2.41. The number of halogens is 4. The highest BCUT2D eigenvalue weighted by atomic mass is 35.5. The summed E-state index contributed by atoms with van der Waals surface area (Å²) in [7, 11) is 0. The molecule has 0 fully saturated rings. The number of rotatable bonds is 4. The largest absolute Gasteiger partial charge is 0.481 e. The number of benzene rings is 2. The van der Waals surface area contributed by atoms with Crippen LogP contribution in [0.15, 0.2) is 36.4 Å². The first-order valence-corrected chi connectivity index (χ1v) is 6.16. The molecule has 2 rings (SSSR count). The number of anilines is 1. The van der Waals surface area contributed by atoms with Crippen molar-refractivity contribution in [2.45, 2.75) is 0 Å². The standard InChI is InChI=1S/C14H9ClF3NO2/c15-10-5-8(16)1-3-12(10)19-14(20)7-21-13-4-2-9(17)6-11(13)18/h1-6H,7H2,(H,19,20). The van der Waals surface area contributed by atoms with Gasteiger partial charge in [0.15, 0.2) is 18.2 Å². The maximum absolute atomic E-state index is 13.3. The van der Waals surface area contributed by atoms with Gasteiger partial charge in [0.25, 0.3) is 5.91 Å². The predicted octanol–water partition coefficient (Wildman–Crippen LogP) is 3.77. The van der Waals surface area contributed by atoms with Gasteiger partial charge < -0.3 is 10.1 Å². The number of ether oxygens (including phenoxy) is 1. The van der Waals surface area contributed by atoms with Crippen molar-refractivity contribution in [2.75, 3.05) is 11.9 Å². The molecule has 0 aromatic heterocycles. The lowest BCUT2D eigenvalue weighted by Gasteiger charge is -2.09. The molecule has 0 bridgehead atoms. The van der Waals surface area contributed by atoms with Crippen molar-refractivity contribution in [3.05, 3.63) is 58.9 Å². The number of amides is 1. The van der Waals surface area contributed by atoms with E-state index in [4.69, 9.17) is 16.3 Å². The van der Waals surface area contributed by atoms with Crippen LogP contribution in [-0.2, 0) is 4.79 Å². The van der Waals surface area contributed by atoms with Gasteiger partial charge in [0.2, 0.25) is 0 Å². The van der Waals surface area contributed by atoms with E-state index in [-0.39, 0.29) is 16.5 Å². The summed E-state index contributed by atoms with van der Waals surface area (Å²) in [6.45, 7) is -0.504. The van der Waals surface area contributed by atoms with Crippen LogP contribution in [0.25, 0.3) is 0 Å². The van der Waals surface area contributed by atoms with Crippen LogP contribution in [0.1, 0.15) is 0 Å². The van der Waals surface area contributed by atoms with Crippen molar-refractivity contribution in [3.8, 4) is 5.75 Å². The molecule has 7 heteroatoms. The Morgan fingerprint density at radius 3 is 2.43 bits per heavy atom. The second-order valence-corrected chi connectivity index (χ2v) is 4.44. The molecular formula is C14H9ClF3NO2. The summed E-state index contributed by atoms with van der Waals surface area (Å²) in [5.74, 6) is -3.07. The zero-order chi connectivity index (χ0) is 15.4. The highest BCUT2D eigenvalue weighted by Gasteiger charge is 2.10. The van der Waals surface area contributed by atoms with Gasteiger partial charge in [-0.2, -0.15) is 0 Å². The van der Waals surface area contributed by atoms with E-state index in [1.165, 1.54) is 6.07 Å². The van der Waals surface area contributed by atoms with E-state index in [1.54, 1.807) is 0 Å². The quantitative estimate of drug-likeness (QED) is 0.932. The van der Waals surface area contributed by atoms with E-state index in [0.717, 1.165) is 24.3 Å². The summed E-state index contributed by atoms with van der Waals surface area (Å²) >= 11 is 5.74. The number of carbonyl (C=O) groups is 1. The predicted molar refractivity (Wildman–Crippen MR) is 71.9 cm³/mol. The molecule has 0 spiro atoms. The minimum absolute atomic E-state index is 0.0244. The van der Waals surface area contributed by atoms with Crippen LogP contribution in [0.2, 0.25) is 5.02 Å². The Labute approximate surface area is 123 Å². The fourth-order valence-electron chi connectivity index (χ4n) is 1.51. The number of hydrogen-bond donors (Lipinski definition) is 1. The molecular weight excluding hydrogens is 307 g/mol. The van der Waals surface area contributed by atoms with Crippen LogP contribution in [0.5, 0.6) is 5.75 Å². The molecule has 1 amide bonds. The fourth-order valence-corrected chi connectivity index (χ4v) is 1.73. The zero-order valence-electron chi connectivity index (χ0n) is 10.5. The van der Waals surface area contributed by atoms with Crippen molar-refractivity contribution >= 4 is 23.2 Å². The highest BCUT2D eigenvalue weighted by Crippen LogP contribution is 2.22. The number of nitrogens with one attached hydrogen (secondary N) is 1. The lowest BCUT2D eigenvalue weighted by Crippen LogP contribution is -2.20. The van der Waals surface area contributed by atoms with E-state index in [0.29, 0.717) is 6.07 Å². The molecule has 0 saturated heterocycles. The molecule has 110 valence electrons. The molecule has 0 saturated carbocycles. The molecule has 3 nitrogen and oxygen atoms in total. The second kappa shape index (κ2) is 6.49. The molecule has 0 unspecified atom stereocenters. The third kappa shape index (κ3) is 4.13. The smallest absolute Gasteiger partial charge is 0.262 e. The van der Waals surface area contributed by atoms with Crippen LogP contribution < -0.4 is 10.1 Å². The Bertz CT molecular complexity index is 679. The van der Waals surface area contributed by atoms with Gasteiger partial charge in [-0.1, -0.05) is 11.6 Å². The maximum Gasteiger partial charge on any atom is 0.262 e. The van der Waals surface area contributed by atoms with Crippen LogP contribution in [0.3, 0.4) is 0 Å². The van der Waals surface area contributed by atoms with Gasteiger partial charge in [-0.25, -0.2) is 13.2 Å². The van der Waals surface area contributed by atoms with E-state index in [9.17, 15) is 18.0 Å². The van der Waals surface area contributed by atoms with Crippen molar-refractivity contribution < 1.29 is 22.7 Å². The molecule has 2 aromatic carbocycles. The molecule has 2 aromatic rings. The number of hydrogen-bond acceptors (Lipinski definition) is 2. The lowest BCUT2D eigenvalue weighted by molar-refractivity contribution is -0.118. The Morgan fingerprint density at radius 2 is 1.76 bits per heavy atom. The van der Waals surface area contributed by atoms with E-state index < -0.39 is 30.0 Å². The molecule has 0 atom stereocenters. The van der Waals surface area contributed by atoms with Crippen LogP contribution in [0.4, 0.5) is 18.9 Å². The van der Waals surface area contributed by atoms with Gasteiger partial charge in [0.1, 0.15) is 11.6 Å². The van der Waals surface area contributed by atoms with Crippen molar-refractivity contribution in [1.82, 2.24) is 0 Å². The summed E-state index contributed by atoms with van der Waals surface area (Å²) in [4.78, 5) is 11.6. The SMILES string of the molecule is O=C(COc1ccc(F)cc1F)Nc1ccc(F)cc1Cl. The Morgan fingerprint density at radius 1 is 1.10 bits per heavy atom. The summed E-state index contributed by atoms with van der Waals surface area (Å²) in [6.07, 6.45) is 0. The second-order valence-electron chi connectivity index (χ2n) is 4.04. The Hall–Kier alpha value is -2.21. The van der Waals surface area contributed by atoms with Gasteiger partial charge in [-0.05, 0) is 30.3 Å². The molecule has 0 radical (unpaired) electrons. The first-order chi connectivity index (χ1) is 9.95. The normalized spacial score (nSPS) is 10.3. The summed E-state index contributed by atoms with van der Waals surface area (Å²) in [5.41, 5.74) is 0.200. The third-order valence-corrected chi connectivity index (χ3v) is 2.77. The van der Waals surface area contributed by atoms with Crippen LogP contribution in [0, 0.1) is 17.5 Å². The topological polar surface area (TPSA) is 38.3 Å². The van der Waals surface area contributed by atoms with Crippen molar-refractivity contribution in [1.29, 1.82) is 0 Å². The molecule has 0 aliphatic heterocycles. The summed E-state index contributed by atoms with van der Waals surface area (Å²) < 4.78 is 43.7. The highest BCUT2D eigenvalue weighted by molar-refractivity contribution is 6.33. The Balaban J connectivity index is 1.96. The molecule has 0 heterocycles. The molecule has 1 N–H and O–H groups in total. The average molecular weight is 316 g/mol. The van der Waals surface area contributed by atoms with Gasteiger partial charge in [-0.15, -0.1) is 0 Å². The van der Waals surface area contributed by atoms with E-state index >= 15 is 0 Å². The van der Waals surface area contributed by atoms with E-state index in [1.807, 2.05) is 0 Å². The maximum atomic E-state index is 13.3. The molecule has 0 aliphatic rings. The summed E-state index contributed by atoms with van der Waals surface area (Å²) in [6, 6.07) is 6.17. The minimum atomic E-state index is -0.914. The van der Waals surface area contributed by atoms with E-state index in [2.05, 4.69) is 5.32 Å². The monoisotopic (exact) mass is 315 g/mol. The van der Waals surface area contributed by atoms with Crippen LogP contribution in [-0.4, -0.2) is 12.5 Å². The Kier molecular flexibility index (Phi) is 4.70. The van der Waals surface area contributed by atoms with Crippen molar-refractivity contribution in [3.63, 3.8) is 0 Å². The lowest BCUT2D eigenvalue weighted by atomic mass is 10.3. The first-order valence-electron chi connectivity index (χ1n) is 5.78.